The van der Waals surface area contributed by atoms with E-state index < -0.39 is 11.7 Å². The second kappa shape index (κ2) is 8.43. The van der Waals surface area contributed by atoms with Gasteiger partial charge >= 0.3 is 5.97 Å². The molecule has 0 unspecified atom stereocenters. The average Bonchev–Trinajstić information content (AvgIpc) is 2.69. The van der Waals surface area contributed by atoms with Crippen molar-refractivity contribution in [2.45, 2.75) is 25.7 Å². The van der Waals surface area contributed by atoms with Crippen LogP contribution in [0.2, 0.25) is 0 Å². The molecule has 0 radical (unpaired) electrons. The first kappa shape index (κ1) is 19.2. The number of aromatic hydroxyl groups is 3. The van der Waals surface area contributed by atoms with Gasteiger partial charge in [0.1, 0.15) is 0 Å². The van der Waals surface area contributed by atoms with Crippen LogP contribution in [0.15, 0.2) is 54.6 Å². The van der Waals surface area contributed by atoms with E-state index in [9.17, 15) is 20.1 Å². The molecular formula is C22H21NO5. The lowest BCUT2D eigenvalue weighted by atomic mass is 10.0. The van der Waals surface area contributed by atoms with Crippen molar-refractivity contribution in [3.8, 4) is 17.2 Å². The number of rotatable bonds is 7. The van der Waals surface area contributed by atoms with E-state index in [1.165, 1.54) is 12.1 Å². The van der Waals surface area contributed by atoms with Gasteiger partial charge in [-0.05, 0) is 73.2 Å². The molecule has 0 aliphatic carbocycles. The molecule has 0 fully saturated rings. The van der Waals surface area contributed by atoms with Crippen LogP contribution < -0.4 is 0 Å². The predicted molar refractivity (Wildman–Crippen MR) is 104 cm³/mol. The minimum atomic E-state index is -0.934. The summed E-state index contributed by atoms with van der Waals surface area (Å²) in [5.74, 6) is -2.13. The third-order valence-corrected chi connectivity index (χ3v) is 4.53. The number of aryl methyl sites for hydroxylation is 4. The van der Waals surface area contributed by atoms with E-state index in [0.29, 0.717) is 18.4 Å². The molecule has 2 aromatic carbocycles. The van der Waals surface area contributed by atoms with E-state index in [1.807, 2.05) is 30.3 Å². The molecule has 0 saturated heterocycles. The topological polar surface area (TPSA) is 111 Å². The number of benzene rings is 2. The Labute approximate surface area is 162 Å². The molecule has 0 atom stereocenters. The van der Waals surface area contributed by atoms with Crippen molar-refractivity contribution in [1.82, 2.24) is 4.98 Å². The molecule has 1 heterocycles. The summed E-state index contributed by atoms with van der Waals surface area (Å²) in [6.45, 7) is 0. The van der Waals surface area contributed by atoms with Gasteiger partial charge in [0, 0.05) is 11.4 Å². The minimum absolute atomic E-state index is 0.273. The van der Waals surface area contributed by atoms with Gasteiger partial charge in [-0.15, -0.1) is 0 Å². The molecule has 28 heavy (non-hydrogen) atoms. The third-order valence-electron chi connectivity index (χ3n) is 4.53. The van der Waals surface area contributed by atoms with Gasteiger partial charge in [-0.1, -0.05) is 18.2 Å². The van der Waals surface area contributed by atoms with Crippen LogP contribution in [0.5, 0.6) is 17.2 Å². The summed E-state index contributed by atoms with van der Waals surface area (Å²) in [5.41, 5.74) is 3.86. The molecule has 6 nitrogen and oxygen atoms in total. The SMILES string of the molecule is O=C(O)c1ccc(CCc2cccc(CCc3cc(O)c(O)c(O)c3)n2)cc1. The lowest BCUT2D eigenvalue weighted by Gasteiger charge is -2.07. The minimum Gasteiger partial charge on any atom is -0.504 e. The fourth-order valence-corrected chi connectivity index (χ4v) is 2.97. The van der Waals surface area contributed by atoms with Gasteiger partial charge in [0.05, 0.1) is 5.56 Å². The van der Waals surface area contributed by atoms with Crippen molar-refractivity contribution in [2.75, 3.05) is 0 Å². The van der Waals surface area contributed by atoms with Crippen LogP contribution >= 0.6 is 0 Å². The van der Waals surface area contributed by atoms with Crippen LogP contribution in [0.1, 0.15) is 32.9 Å². The average molecular weight is 379 g/mol. The van der Waals surface area contributed by atoms with Crippen molar-refractivity contribution in [2.24, 2.45) is 0 Å². The molecule has 0 amide bonds. The number of phenols is 3. The van der Waals surface area contributed by atoms with Crippen LogP contribution in [0.25, 0.3) is 0 Å². The zero-order chi connectivity index (χ0) is 20.1. The molecule has 4 N–H and O–H groups in total. The molecular weight excluding hydrogens is 358 g/mol. The van der Waals surface area contributed by atoms with Crippen molar-refractivity contribution in [3.05, 3.63) is 82.7 Å². The number of aromatic carboxylic acids is 1. The zero-order valence-corrected chi connectivity index (χ0v) is 15.2. The predicted octanol–water partition coefficient (Wildman–Crippen LogP) is 3.47. The molecule has 3 rings (SSSR count). The molecule has 144 valence electrons. The summed E-state index contributed by atoms with van der Waals surface area (Å²) in [6.07, 6.45) is 2.69. The standard InChI is InChI=1S/C22H21NO5/c24-19-12-15(13-20(25)21(19)26)7-11-18-3-1-2-17(23-18)10-6-14-4-8-16(9-5-14)22(27)28/h1-5,8-9,12-13,24-26H,6-7,10-11H2,(H,27,28). The molecule has 0 bridgehead atoms. The van der Waals surface area contributed by atoms with Crippen LogP contribution in [0.4, 0.5) is 0 Å². The maximum Gasteiger partial charge on any atom is 0.335 e. The highest BCUT2D eigenvalue weighted by atomic mass is 16.4. The molecule has 0 aliphatic rings. The second-order valence-electron chi connectivity index (χ2n) is 6.61. The number of carbonyl (C=O) groups is 1. The Morgan fingerprint density at radius 3 is 1.82 bits per heavy atom. The normalized spacial score (nSPS) is 10.7. The largest absolute Gasteiger partial charge is 0.504 e. The van der Waals surface area contributed by atoms with E-state index in [2.05, 4.69) is 4.98 Å². The molecule has 3 aromatic rings. The van der Waals surface area contributed by atoms with Crippen molar-refractivity contribution >= 4 is 5.97 Å². The fourth-order valence-electron chi connectivity index (χ4n) is 2.97. The maximum atomic E-state index is 10.9. The Morgan fingerprint density at radius 1 is 0.750 bits per heavy atom. The third kappa shape index (κ3) is 4.79. The van der Waals surface area contributed by atoms with Crippen molar-refractivity contribution in [3.63, 3.8) is 0 Å². The zero-order valence-electron chi connectivity index (χ0n) is 15.2. The fraction of sp³-hybridized carbons (Fsp3) is 0.182. The lowest BCUT2D eigenvalue weighted by Crippen LogP contribution is -2.00. The summed E-state index contributed by atoms with van der Waals surface area (Å²) < 4.78 is 0. The Kier molecular flexibility index (Phi) is 5.79. The van der Waals surface area contributed by atoms with Crippen molar-refractivity contribution < 1.29 is 25.2 Å². The number of hydrogen-bond acceptors (Lipinski definition) is 5. The monoisotopic (exact) mass is 379 g/mol. The molecule has 0 spiro atoms. The van der Waals surface area contributed by atoms with Gasteiger partial charge in [0.25, 0.3) is 0 Å². The molecule has 6 heteroatoms. The number of carboxylic acid groups (broad SMARTS) is 1. The van der Waals surface area contributed by atoms with E-state index in [0.717, 1.165) is 29.8 Å². The van der Waals surface area contributed by atoms with E-state index in [4.69, 9.17) is 5.11 Å². The van der Waals surface area contributed by atoms with Gasteiger partial charge in [0.2, 0.25) is 0 Å². The first-order chi connectivity index (χ1) is 13.4. The van der Waals surface area contributed by atoms with Gasteiger partial charge in [-0.3, -0.25) is 4.98 Å². The van der Waals surface area contributed by atoms with Gasteiger partial charge in [-0.25, -0.2) is 4.79 Å². The van der Waals surface area contributed by atoms with Crippen LogP contribution in [0, 0.1) is 0 Å². The van der Waals surface area contributed by atoms with Crippen LogP contribution in [-0.2, 0) is 25.7 Å². The summed E-state index contributed by atoms with van der Waals surface area (Å²) in [6, 6.07) is 15.5. The highest BCUT2D eigenvalue weighted by Crippen LogP contribution is 2.35. The quantitative estimate of drug-likeness (QED) is 0.468. The summed E-state index contributed by atoms with van der Waals surface area (Å²) in [7, 11) is 0. The molecule has 0 aliphatic heterocycles. The van der Waals surface area contributed by atoms with Gasteiger partial charge in [-0.2, -0.15) is 0 Å². The first-order valence-electron chi connectivity index (χ1n) is 8.93. The lowest BCUT2D eigenvalue weighted by molar-refractivity contribution is 0.0697. The number of phenolic OH excluding ortho intramolecular Hbond substituents is 3. The highest BCUT2D eigenvalue weighted by molar-refractivity contribution is 5.87. The Hall–Kier alpha value is -3.54. The Bertz CT molecular complexity index is 959. The number of hydrogen-bond donors (Lipinski definition) is 4. The number of pyridine rings is 1. The smallest absolute Gasteiger partial charge is 0.335 e. The maximum absolute atomic E-state index is 10.9. The van der Waals surface area contributed by atoms with Crippen molar-refractivity contribution in [1.29, 1.82) is 0 Å². The second-order valence-corrected chi connectivity index (χ2v) is 6.61. The number of nitrogens with zero attached hydrogens (tertiary/aromatic N) is 1. The Balaban J connectivity index is 1.60. The Morgan fingerprint density at radius 2 is 1.29 bits per heavy atom. The van der Waals surface area contributed by atoms with E-state index in [1.54, 1.807) is 12.1 Å². The molecule has 1 aromatic heterocycles. The highest BCUT2D eigenvalue weighted by Gasteiger charge is 2.09. The van der Waals surface area contributed by atoms with E-state index >= 15 is 0 Å². The summed E-state index contributed by atoms with van der Waals surface area (Å²) in [4.78, 5) is 15.5. The van der Waals surface area contributed by atoms with Gasteiger partial charge in [0.15, 0.2) is 17.2 Å². The number of aromatic nitrogens is 1. The number of carboxylic acids is 1. The van der Waals surface area contributed by atoms with Gasteiger partial charge < -0.3 is 20.4 Å². The van der Waals surface area contributed by atoms with E-state index in [-0.39, 0.29) is 17.1 Å². The van der Waals surface area contributed by atoms with Crippen LogP contribution in [0.3, 0.4) is 0 Å². The van der Waals surface area contributed by atoms with Crippen LogP contribution in [-0.4, -0.2) is 31.4 Å². The first-order valence-corrected chi connectivity index (χ1v) is 8.93. The molecule has 0 saturated carbocycles. The summed E-state index contributed by atoms with van der Waals surface area (Å²) >= 11 is 0. The summed E-state index contributed by atoms with van der Waals surface area (Å²) in [5, 5.41) is 37.5.